The van der Waals surface area contributed by atoms with E-state index in [0.717, 1.165) is 12.4 Å². The summed E-state index contributed by atoms with van der Waals surface area (Å²) in [6.07, 6.45) is 7.33. The van der Waals surface area contributed by atoms with Gasteiger partial charge in [0.05, 0.1) is 6.33 Å². The summed E-state index contributed by atoms with van der Waals surface area (Å²) >= 11 is 0. The van der Waals surface area contributed by atoms with Gasteiger partial charge in [0.1, 0.15) is 5.82 Å². The van der Waals surface area contributed by atoms with E-state index in [4.69, 9.17) is 0 Å². The van der Waals surface area contributed by atoms with Gasteiger partial charge < -0.3 is 9.88 Å². The van der Waals surface area contributed by atoms with Gasteiger partial charge in [-0.3, -0.25) is 0 Å². The third kappa shape index (κ3) is 1.90. The number of hydrogen-bond acceptors (Lipinski definition) is 3. The Kier molecular flexibility index (Phi) is 2.44. The molecule has 14 heavy (non-hydrogen) atoms. The normalized spacial score (nSPS) is 10.1. The number of pyridine rings is 1. The Morgan fingerprint density at radius 2 is 2.36 bits per heavy atom. The number of aromatic nitrogens is 3. The van der Waals surface area contributed by atoms with Gasteiger partial charge in [-0.25, -0.2) is 9.97 Å². The van der Waals surface area contributed by atoms with Crippen LogP contribution >= 0.6 is 0 Å². The van der Waals surface area contributed by atoms with E-state index in [-0.39, 0.29) is 0 Å². The predicted octanol–water partition coefficient (Wildman–Crippen LogP) is 1.37. The Morgan fingerprint density at radius 1 is 1.43 bits per heavy atom. The summed E-state index contributed by atoms with van der Waals surface area (Å²) in [6, 6.07) is 4.03. The lowest BCUT2D eigenvalue weighted by atomic mass is 10.2. The van der Waals surface area contributed by atoms with E-state index in [1.165, 1.54) is 5.56 Å². The zero-order valence-corrected chi connectivity index (χ0v) is 8.01. The molecule has 0 aliphatic rings. The van der Waals surface area contributed by atoms with Crippen molar-refractivity contribution in [3.05, 3.63) is 42.6 Å². The topological polar surface area (TPSA) is 42.7 Å². The average Bonchev–Trinajstić information content (AvgIpc) is 2.71. The molecule has 2 rings (SSSR count). The molecule has 0 aliphatic heterocycles. The number of hydrogen-bond donors (Lipinski definition) is 1. The van der Waals surface area contributed by atoms with E-state index < -0.39 is 0 Å². The molecule has 0 fully saturated rings. The minimum absolute atomic E-state index is 0.831. The molecule has 0 saturated carbocycles. The van der Waals surface area contributed by atoms with Crippen molar-refractivity contribution < 1.29 is 0 Å². The number of imidazole rings is 1. The van der Waals surface area contributed by atoms with E-state index >= 15 is 0 Å². The molecule has 2 heterocycles. The van der Waals surface area contributed by atoms with Gasteiger partial charge in [-0.05, 0) is 17.7 Å². The van der Waals surface area contributed by atoms with Crippen molar-refractivity contribution in [3.8, 4) is 0 Å². The second-order valence-electron chi connectivity index (χ2n) is 3.03. The molecule has 0 atom stereocenters. The Hall–Kier alpha value is -1.84. The molecule has 4 nitrogen and oxygen atoms in total. The molecule has 0 aromatic carbocycles. The van der Waals surface area contributed by atoms with Gasteiger partial charge in [0.15, 0.2) is 0 Å². The maximum Gasteiger partial charge on any atom is 0.125 e. The fourth-order valence-electron chi connectivity index (χ4n) is 1.30. The van der Waals surface area contributed by atoms with Gasteiger partial charge in [-0.1, -0.05) is 0 Å². The van der Waals surface area contributed by atoms with Crippen LogP contribution in [-0.4, -0.2) is 21.6 Å². The number of rotatable bonds is 3. The Morgan fingerprint density at radius 3 is 3.07 bits per heavy atom. The summed E-state index contributed by atoms with van der Waals surface area (Å²) in [4.78, 5) is 8.14. The second kappa shape index (κ2) is 3.91. The standard InChI is InChI=1S/C10H12N4/c1-11-10-6-9(2-3-13-10)7-14-5-4-12-8-14/h2-6,8H,7H2,1H3,(H,11,13). The first-order chi connectivity index (χ1) is 6.88. The van der Waals surface area contributed by atoms with Crippen LogP contribution in [0.3, 0.4) is 0 Å². The number of nitrogens with one attached hydrogen (secondary N) is 1. The highest BCUT2D eigenvalue weighted by Gasteiger charge is 1.96. The molecular formula is C10H12N4. The molecule has 0 bridgehead atoms. The van der Waals surface area contributed by atoms with Crippen LogP contribution in [0, 0.1) is 0 Å². The van der Waals surface area contributed by atoms with Crippen LogP contribution in [0.15, 0.2) is 37.1 Å². The lowest BCUT2D eigenvalue weighted by Gasteiger charge is -2.04. The SMILES string of the molecule is CNc1cc(Cn2ccnc2)ccn1. The maximum atomic E-state index is 4.15. The molecule has 0 aliphatic carbocycles. The zero-order valence-electron chi connectivity index (χ0n) is 8.01. The van der Waals surface area contributed by atoms with Crippen molar-refractivity contribution in [2.45, 2.75) is 6.54 Å². The van der Waals surface area contributed by atoms with Gasteiger partial charge in [-0.15, -0.1) is 0 Å². The van der Waals surface area contributed by atoms with Crippen LogP contribution in [-0.2, 0) is 6.54 Å². The quantitative estimate of drug-likeness (QED) is 0.791. The van der Waals surface area contributed by atoms with Crippen molar-refractivity contribution in [1.29, 1.82) is 0 Å². The molecule has 2 aromatic heterocycles. The average molecular weight is 188 g/mol. The summed E-state index contributed by atoms with van der Waals surface area (Å²) < 4.78 is 2.02. The monoisotopic (exact) mass is 188 g/mol. The molecule has 0 spiro atoms. The van der Waals surface area contributed by atoms with Crippen LogP contribution in [0.4, 0.5) is 5.82 Å². The zero-order chi connectivity index (χ0) is 9.80. The van der Waals surface area contributed by atoms with Crippen LogP contribution in [0.2, 0.25) is 0 Å². The van der Waals surface area contributed by atoms with E-state index in [1.54, 1.807) is 18.7 Å². The van der Waals surface area contributed by atoms with Crippen molar-refractivity contribution >= 4 is 5.82 Å². The molecule has 1 N–H and O–H groups in total. The summed E-state index contributed by atoms with van der Waals surface area (Å²) in [5.41, 5.74) is 1.21. The lowest BCUT2D eigenvalue weighted by molar-refractivity contribution is 0.796. The summed E-state index contributed by atoms with van der Waals surface area (Å²) in [7, 11) is 1.86. The summed E-state index contributed by atoms with van der Waals surface area (Å²) in [6.45, 7) is 0.831. The highest BCUT2D eigenvalue weighted by Crippen LogP contribution is 2.07. The first kappa shape index (κ1) is 8.74. The maximum absolute atomic E-state index is 4.15. The van der Waals surface area contributed by atoms with Crippen LogP contribution in [0.25, 0.3) is 0 Å². The predicted molar refractivity (Wildman–Crippen MR) is 55.1 cm³/mol. The Labute approximate surface area is 82.6 Å². The highest BCUT2D eigenvalue weighted by molar-refractivity contribution is 5.36. The lowest BCUT2D eigenvalue weighted by Crippen LogP contribution is -1.98. The summed E-state index contributed by atoms with van der Waals surface area (Å²) in [5, 5.41) is 3.01. The van der Waals surface area contributed by atoms with Crippen molar-refractivity contribution in [2.24, 2.45) is 0 Å². The van der Waals surface area contributed by atoms with Gasteiger partial charge in [0, 0.05) is 32.2 Å². The molecule has 4 heteroatoms. The van der Waals surface area contributed by atoms with Gasteiger partial charge in [0.25, 0.3) is 0 Å². The Balaban J connectivity index is 2.17. The van der Waals surface area contributed by atoms with Crippen LogP contribution < -0.4 is 5.32 Å². The first-order valence-corrected chi connectivity index (χ1v) is 4.47. The molecule has 2 aromatic rings. The fraction of sp³-hybridized carbons (Fsp3) is 0.200. The minimum atomic E-state index is 0.831. The van der Waals surface area contributed by atoms with Crippen LogP contribution in [0.5, 0.6) is 0 Å². The second-order valence-corrected chi connectivity index (χ2v) is 3.03. The van der Waals surface area contributed by atoms with Crippen molar-refractivity contribution in [3.63, 3.8) is 0 Å². The van der Waals surface area contributed by atoms with E-state index in [2.05, 4.69) is 15.3 Å². The third-order valence-corrected chi connectivity index (χ3v) is 2.00. The number of nitrogens with zero attached hydrogens (tertiary/aromatic N) is 3. The smallest absolute Gasteiger partial charge is 0.125 e. The third-order valence-electron chi connectivity index (χ3n) is 2.00. The van der Waals surface area contributed by atoms with Crippen molar-refractivity contribution in [1.82, 2.24) is 14.5 Å². The molecule has 0 amide bonds. The molecule has 0 unspecified atom stereocenters. The Bertz CT molecular complexity index is 394. The van der Waals surface area contributed by atoms with Crippen molar-refractivity contribution in [2.75, 3.05) is 12.4 Å². The van der Waals surface area contributed by atoms with Gasteiger partial charge in [-0.2, -0.15) is 0 Å². The fourth-order valence-corrected chi connectivity index (χ4v) is 1.30. The van der Waals surface area contributed by atoms with E-state index in [1.807, 2.05) is 29.9 Å². The molecule has 0 radical (unpaired) electrons. The first-order valence-electron chi connectivity index (χ1n) is 4.47. The summed E-state index contributed by atoms with van der Waals surface area (Å²) in [5.74, 6) is 0.891. The van der Waals surface area contributed by atoms with E-state index in [9.17, 15) is 0 Å². The largest absolute Gasteiger partial charge is 0.373 e. The van der Waals surface area contributed by atoms with Gasteiger partial charge >= 0.3 is 0 Å². The molecular weight excluding hydrogens is 176 g/mol. The molecule has 72 valence electrons. The number of anilines is 1. The highest BCUT2D eigenvalue weighted by atomic mass is 15.0. The van der Waals surface area contributed by atoms with Crippen LogP contribution in [0.1, 0.15) is 5.56 Å². The van der Waals surface area contributed by atoms with Gasteiger partial charge in [0.2, 0.25) is 0 Å². The molecule has 0 saturated heterocycles. The minimum Gasteiger partial charge on any atom is -0.373 e. The van der Waals surface area contributed by atoms with E-state index in [0.29, 0.717) is 0 Å².